The van der Waals surface area contributed by atoms with E-state index in [9.17, 15) is 14.0 Å². The molecule has 1 atom stereocenters. The molecule has 1 aliphatic carbocycles. The molecule has 39 heavy (non-hydrogen) atoms. The highest BCUT2D eigenvalue weighted by Crippen LogP contribution is 2.29. The van der Waals surface area contributed by atoms with E-state index in [4.69, 9.17) is 4.74 Å². The van der Waals surface area contributed by atoms with Crippen LogP contribution in [0.25, 0.3) is 10.9 Å². The molecule has 0 unspecified atom stereocenters. The third-order valence-electron chi connectivity index (χ3n) is 7.55. The molecule has 1 fully saturated rings. The Kier molecular flexibility index (Phi) is 8.25. The maximum absolute atomic E-state index is 14.1. The molecule has 202 valence electrons. The van der Waals surface area contributed by atoms with Crippen LogP contribution in [0.3, 0.4) is 0 Å². The number of nitrogens with zero attached hydrogens (tertiary/aromatic N) is 1. The van der Waals surface area contributed by atoms with Crippen molar-refractivity contribution in [3.63, 3.8) is 0 Å². The van der Waals surface area contributed by atoms with Crippen molar-refractivity contribution in [2.75, 3.05) is 7.11 Å². The molecule has 1 aromatic heterocycles. The van der Waals surface area contributed by atoms with Crippen molar-refractivity contribution in [3.8, 4) is 5.75 Å². The highest BCUT2D eigenvalue weighted by Gasteiger charge is 2.33. The van der Waals surface area contributed by atoms with E-state index in [0.29, 0.717) is 11.3 Å². The number of nitrogens with one attached hydrogen (secondary N) is 2. The topological polar surface area (TPSA) is 74.4 Å². The van der Waals surface area contributed by atoms with E-state index in [0.717, 1.165) is 47.7 Å². The summed E-state index contributed by atoms with van der Waals surface area (Å²) in [6.07, 6.45) is 7.17. The van der Waals surface area contributed by atoms with Crippen molar-refractivity contribution in [2.24, 2.45) is 0 Å². The summed E-state index contributed by atoms with van der Waals surface area (Å²) in [4.78, 5) is 32.9. The van der Waals surface area contributed by atoms with E-state index in [2.05, 4.69) is 10.3 Å². The first-order valence-corrected chi connectivity index (χ1v) is 13.5. The van der Waals surface area contributed by atoms with Crippen LogP contribution in [-0.4, -0.2) is 34.8 Å². The van der Waals surface area contributed by atoms with Gasteiger partial charge < -0.3 is 19.9 Å². The van der Waals surface area contributed by atoms with Crippen LogP contribution in [0.5, 0.6) is 5.75 Å². The van der Waals surface area contributed by atoms with Crippen LogP contribution in [0.2, 0.25) is 0 Å². The van der Waals surface area contributed by atoms with Gasteiger partial charge in [-0.15, -0.1) is 0 Å². The molecule has 6 nitrogen and oxygen atoms in total. The van der Waals surface area contributed by atoms with E-state index in [-0.39, 0.29) is 36.6 Å². The first-order chi connectivity index (χ1) is 19.0. The zero-order valence-electron chi connectivity index (χ0n) is 22.2. The van der Waals surface area contributed by atoms with Gasteiger partial charge in [-0.2, -0.15) is 0 Å². The SMILES string of the molecule is COc1ccc([C@H](C(=O)NC2CCCCC2)N(Cc2ccc(F)cc2)C(=O)Cc2c[nH]c3ccccc23)cc1. The van der Waals surface area contributed by atoms with Gasteiger partial charge in [-0.3, -0.25) is 9.59 Å². The van der Waals surface area contributed by atoms with Crippen molar-refractivity contribution < 1.29 is 18.7 Å². The van der Waals surface area contributed by atoms with Gasteiger partial charge in [0.1, 0.15) is 17.6 Å². The van der Waals surface area contributed by atoms with Gasteiger partial charge in [0.05, 0.1) is 13.5 Å². The van der Waals surface area contributed by atoms with Gasteiger partial charge >= 0.3 is 0 Å². The average Bonchev–Trinajstić information content (AvgIpc) is 3.37. The van der Waals surface area contributed by atoms with Crippen molar-refractivity contribution in [2.45, 2.75) is 57.2 Å². The second-order valence-electron chi connectivity index (χ2n) is 10.2. The Hall–Kier alpha value is -4.13. The van der Waals surface area contributed by atoms with E-state index in [1.165, 1.54) is 18.6 Å². The number of halogens is 1. The molecule has 0 radical (unpaired) electrons. The zero-order chi connectivity index (χ0) is 27.2. The van der Waals surface area contributed by atoms with Gasteiger partial charge in [0.15, 0.2) is 0 Å². The molecular formula is C32H34FN3O3. The fourth-order valence-corrected chi connectivity index (χ4v) is 5.44. The quantitative estimate of drug-likeness (QED) is 0.277. The Labute approximate surface area is 228 Å². The summed E-state index contributed by atoms with van der Waals surface area (Å²) < 4.78 is 19.0. The number of carbonyl (C=O) groups is 2. The third-order valence-corrected chi connectivity index (χ3v) is 7.55. The minimum Gasteiger partial charge on any atom is -0.497 e. The minimum atomic E-state index is -0.861. The maximum Gasteiger partial charge on any atom is 0.247 e. The second-order valence-corrected chi connectivity index (χ2v) is 10.2. The van der Waals surface area contributed by atoms with Crippen LogP contribution in [-0.2, 0) is 22.6 Å². The minimum absolute atomic E-state index is 0.0865. The number of rotatable bonds is 9. The number of aromatic amines is 1. The number of hydrogen-bond acceptors (Lipinski definition) is 3. The molecule has 0 spiro atoms. The van der Waals surface area contributed by atoms with E-state index >= 15 is 0 Å². The van der Waals surface area contributed by atoms with Crippen molar-refractivity contribution >= 4 is 22.7 Å². The highest BCUT2D eigenvalue weighted by molar-refractivity contribution is 5.92. The molecule has 4 aromatic rings. The van der Waals surface area contributed by atoms with Gasteiger partial charge in [-0.05, 0) is 59.9 Å². The zero-order valence-corrected chi connectivity index (χ0v) is 22.2. The summed E-state index contributed by atoms with van der Waals surface area (Å²) in [5.74, 6) is -0.0808. The molecule has 7 heteroatoms. The summed E-state index contributed by atoms with van der Waals surface area (Å²) in [5.41, 5.74) is 3.25. The van der Waals surface area contributed by atoms with Gasteiger partial charge in [0.2, 0.25) is 11.8 Å². The number of amides is 2. The number of fused-ring (bicyclic) bond motifs is 1. The number of carbonyl (C=O) groups excluding carboxylic acids is 2. The Bertz CT molecular complexity index is 1410. The lowest BCUT2D eigenvalue weighted by Crippen LogP contribution is -2.47. The Morgan fingerprint density at radius 2 is 1.72 bits per heavy atom. The molecule has 0 aliphatic heterocycles. The summed E-state index contributed by atoms with van der Waals surface area (Å²) in [6.45, 7) is 0.163. The lowest BCUT2D eigenvalue weighted by Gasteiger charge is -2.33. The van der Waals surface area contributed by atoms with Crippen molar-refractivity contribution in [1.29, 1.82) is 0 Å². The van der Waals surface area contributed by atoms with Gasteiger partial charge in [-0.1, -0.05) is 61.7 Å². The van der Waals surface area contributed by atoms with Crippen LogP contribution in [0.15, 0.2) is 79.0 Å². The number of H-pyrrole nitrogens is 1. The van der Waals surface area contributed by atoms with Crippen LogP contribution >= 0.6 is 0 Å². The molecular weight excluding hydrogens is 493 g/mol. The molecule has 2 N–H and O–H groups in total. The average molecular weight is 528 g/mol. The fraction of sp³-hybridized carbons (Fsp3) is 0.312. The van der Waals surface area contributed by atoms with Crippen molar-refractivity contribution in [1.82, 2.24) is 15.2 Å². The molecule has 1 saturated carbocycles. The first-order valence-electron chi connectivity index (χ1n) is 13.5. The number of aromatic nitrogens is 1. The van der Waals surface area contributed by atoms with E-state index < -0.39 is 6.04 Å². The number of para-hydroxylation sites is 1. The van der Waals surface area contributed by atoms with E-state index in [1.807, 2.05) is 42.6 Å². The molecule has 5 rings (SSSR count). The van der Waals surface area contributed by atoms with Crippen LogP contribution in [0, 0.1) is 5.82 Å². The molecule has 1 aliphatic rings. The number of methoxy groups -OCH3 is 1. The summed E-state index contributed by atoms with van der Waals surface area (Å²) in [6, 6.07) is 20.4. The van der Waals surface area contributed by atoms with Gasteiger partial charge in [0.25, 0.3) is 0 Å². The molecule has 1 heterocycles. The number of ether oxygens (including phenoxy) is 1. The van der Waals surface area contributed by atoms with Crippen LogP contribution < -0.4 is 10.1 Å². The lowest BCUT2D eigenvalue weighted by atomic mass is 9.94. The number of hydrogen-bond donors (Lipinski definition) is 2. The molecule has 3 aromatic carbocycles. The Morgan fingerprint density at radius 1 is 1.00 bits per heavy atom. The fourth-order valence-electron chi connectivity index (χ4n) is 5.44. The van der Waals surface area contributed by atoms with Gasteiger partial charge in [-0.25, -0.2) is 4.39 Å². The maximum atomic E-state index is 14.1. The summed E-state index contributed by atoms with van der Waals surface area (Å²) in [7, 11) is 1.59. The molecule has 0 bridgehead atoms. The lowest BCUT2D eigenvalue weighted by molar-refractivity contribution is -0.141. The molecule has 2 amide bonds. The summed E-state index contributed by atoms with van der Waals surface area (Å²) in [5, 5.41) is 4.21. The second kappa shape index (κ2) is 12.2. The Balaban J connectivity index is 1.52. The largest absolute Gasteiger partial charge is 0.497 e. The third kappa shape index (κ3) is 6.30. The van der Waals surface area contributed by atoms with Crippen LogP contribution in [0.4, 0.5) is 4.39 Å². The predicted octanol–water partition coefficient (Wildman–Crippen LogP) is 6.08. The Morgan fingerprint density at radius 3 is 2.44 bits per heavy atom. The first kappa shape index (κ1) is 26.5. The smallest absolute Gasteiger partial charge is 0.247 e. The standard InChI is InChI=1S/C32H34FN3O3/c1-39-27-17-13-23(14-18-27)31(32(38)35-26-7-3-2-4-8-26)36(21-22-11-15-25(33)16-12-22)30(37)19-24-20-34-29-10-6-5-9-28(24)29/h5-6,9-18,20,26,31,34H,2-4,7-8,19,21H2,1H3,(H,35,38)/t31-/m1/s1. The highest BCUT2D eigenvalue weighted by atomic mass is 19.1. The predicted molar refractivity (Wildman–Crippen MR) is 150 cm³/mol. The van der Waals surface area contributed by atoms with E-state index in [1.54, 1.807) is 36.3 Å². The van der Waals surface area contributed by atoms with Gasteiger partial charge in [0, 0.05) is 29.7 Å². The monoisotopic (exact) mass is 527 g/mol. The molecule has 0 saturated heterocycles. The van der Waals surface area contributed by atoms with Crippen LogP contribution in [0.1, 0.15) is 54.8 Å². The number of benzene rings is 3. The van der Waals surface area contributed by atoms with Crippen molar-refractivity contribution in [3.05, 3.63) is 102 Å². The summed E-state index contributed by atoms with van der Waals surface area (Å²) >= 11 is 0. The normalized spacial score (nSPS) is 14.6.